The lowest BCUT2D eigenvalue weighted by Gasteiger charge is -2.25. The van der Waals surface area contributed by atoms with Crippen molar-refractivity contribution >= 4 is 5.91 Å². The van der Waals surface area contributed by atoms with Gasteiger partial charge in [-0.2, -0.15) is 0 Å². The molecule has 0 radical (unpaired) electrons. The Morgan fingerprint density at radius 3 is 3.04 bits per heavy atom. The van der Waals surface area contributed by atoms with Gasteiger partial charge in [-0.3, -0.25) is 4.79 Å². The largest absolute Gasteiger partial charge is 0.481 e. The maximum Gasteiger partial charge on any atom is 0.273 e. The van der Waals surface area contributed by atoms with Crippen molar-refractivity contribution in [3.05, 3.63) is 36.3 Å². The average molecular weight is 315 g/mol. The molecule has 0 aromatic carbocycles. The zero-order valence-corrected chi connectivity index (χ0v) is 13.5. The van der Waals surface area contributed by atoms with Crippen molar-refractivity contribution in [2.75, 3.05) is 13.7 Å². The van der Waals surface area contributed by atoms with Crippen molar-refractivity contribution in [1.82, 2.24) is 24.4 Å². The lowest BCUT2D eigenvalue weighted by atomic mass is 10.2. The number of carbonyl (C=O) groups excluding carboxylic acids is 1. The van der Waals surface area contributed by atoms with E-state index in [1.54, 1.807) is 6.07 Å². The van der Waals surface area contributed by atoms with Crippen molar-refractivity contribution in [2.45, 2.75) is 38.8 Å². The summed E-state index contributed by atoms with van der Waals surface area (Å²) in [6.45, 7) is 3.62. The third-order valence-electron chi connectivity index (χ3n) is 4.23. The fourth-order valence-electron chi connectivity index (χ4n) is 3.06. The number of ether oxygens (including phenoxy) is 1. The zero-order chi connectivity index (χ0) is 16.2. The molecule has 0 unspecified atom stereocenters. The number of carbonyl (C=O) groups is 1. The summed E-state index contributed by atoms with van der Waals surface area (Å²) in [5.41, 5.74) is 0.380. The van der Waals surface area contributed by atoms with Gasteiger partial charge in [-0.15, -0.1) is 0 Å². The molecule has 0 bridgehead atoms. The topological polar surface area (TPSA) is 73.1 Å². The summed E-state index contributed by atoms with van der Waals surface area (Å²) < 4.78 is 7.21. The molecule has 1 aliphatic rings. The van der Waals surface area contributed by atoms with E-state index in [9.17, 15) is 4.79 Å². The van der Waals surface area contributed by atoms with Gasteiger partial charge < -0.3 is 14.2 Å². The number of imidazole rings is 1. The van der Waals surface area contributed by atoms with Crippen LogP contribution < -0.4 is 4.74 Å². The first-order chi connectivity index (χ1) is 11.2. The number of likely N-dealkylation sites (tertiary alicyclic amines) is 1. The summed E-state index contributed by atoms with van der Waals surface area (Å²) in [6.07, 6.45) is 8.05. The fourth-order valence-corrected chi connectivity index (χ4v) is 3.06. The molecule has 7 nitrogen and oxygen atoms in total. The Balaban J connectivity index is 1.76. The van der Waals surface area contributed by atoms with E-state index in [4.69, 9.17) is 4.74 Å². The molecule has 2 aromatic heterocycles. The minimum atomic E-state index is -0.0636. The first-order valence-electron chi connectivity index (χ1n) is 7.90. The van der Waals surface area contributed by atoms with E-state index in [2.05, 4.69) is 26.4 Å². The molecule has 0 aliphatic carbocycles. The number of aryl methyl sites for hydroxylation is 1. The number of aromatic nitrogens is 4. The van der Waals surface area contributed by atoms with Gasteiger partial charge in [0.2, 0.25) is 5.88 Å². The Labute approximate surface area is 135 Å². The molecule has 0 N–H and O–H groups in total. The molecule has 0 spiro atoms. The van der Waals surface area contributed by atoms with Crippen LogP contribution in [0.25, 0.3) is 0 Å². The smallest absolute Gasteiger partial charge is 0.273 e. The molecular weight excluding hydrogens is 294 g/mol. The van der Waals surface area contributed by atoms with E-state index in [0.717, 1.165) is 38.2 Å². The van der Waals surface area contributed by atoms with Gasteiger partial charge in [0.25, 0.3) is 5.91 Å². The number of rotatable bonds is 5. The molecule has 3 heterocycles. The average Bonchev–Trinajstić information content (AvgIpc) is 3.23. The normalized spacial score (nSPS) is 17.5. The van der Waals surface area contributed by atoms with Crippen molar-refractivity contribution in [2.24, 2.45) is 0 Å². The SMILES string of the molecule is CCc1nccn1C[C@H]1CCCN1C(=O)c1cc(OC)ncn1. The molecule has 3 rings (SSSR count). The van der Waals surface area contributed by atoms with Crippen LogP contribution in [-0.2, 0) is 13.0 Å². The second-order valence-electron chi connectivity index (χ2n) is 5.59. The Morgan fingerprint density at radius 2 is 2.26 bits per heavy atom. The predicted molar refractivity (Wildman–Crippen MR) is 84.2 cm³/mol. The van der Waals surface area contributed by atoms with Crippen LogP contribution >= 0.6 is 0 Å². The van der Waals surface area contributed by atoms with Crippen LogP contribution in [0, 0.1) is 0 Å². The Bertz CT molecular complexity index is 685. The van der Waals surface area contributed by atoms with Crippen LogP contribution in [0.15, 0.2) is 24.8 Å². The minimum Gasteiger partial charge on any atom is -0.481 e. The highest BCUT2D eigenvalue weighted by molar-refractivity contribution is 5.92. The van der Waals surface area contributed by atoms with Gasteiger partial charge in [0.15, 0.2) is 0 Å². The van der Waals surface area contributed by atoms with Crippen molar-refractivity contribution in [1.29, 1.82) is 0 Å². The molecule has 0 saturated carbocycles. The van der Waals surface area contributed by atoms with Crippen LogP contribution in [0.3, 0.4) is 0 Å². The van der Waals surface area contributed by atoms with Gasteiger partial charge in [0, 0.05) is 38.0 Å². The molecule has 7 heteroatoms. The van der Waals surface area contributed by atoms with Crippen LogP contribution in [0.2, 0.25) is 0 Å². The summed E-state index contributed by atoms with van der Waals surface area (Å²) in [4.78, 5) is 27.1. The number of amides is 1. The Morgan fingerprint density at radius 1 is 1.39 bits per heavy atom. The molecule has 1 fully saturated rings. The third-order valence-corrected chi connectivity index (χ3v) is 4.23. The Hall–Kier alpha value is -2.44. The van der Waals surface area contributed by atoms with Crippen LogP contribution in [0.5, 0.6) is 5.88 Å². The number of methoxy groups -OCH3 is 1. The molecule has 2 aromatic rings. The lowest BCUT2D eigenvalue weighted by Crippen LogP contribution is -2.38. The molecule has 1 atom stereocenters. The van der Waals surface area contributed by atoms with E-state index < -0.39 is 0 Å². The second-order valence-corrected chi connectivity index (χ2v) is 5.59. The number of hydrogen-bond acceptors (Lipinski definition) is 5. The number of nitrogens with zero attached hydrogens (tertiary/aromatic N) is 5. The molecule has 122 valence electrons. The maximum absolute atomic E-state index is 12.8. The van der Waals surface area contributed by atoms with Crippen LogP contribution in [-0.4, -0.2) is 50.0 Å². The summed E-state index contributed by atoms with van der Waals surface area (Å²) in [6, 6.07) is 1.76. The summed E-state index contributed by atoms with van der Waals surface area (Å²) >= 11 is 0. The van der Waals surface area contributed by atoms with Crippen LogP contribution in [0.1, 0.15) is 36.1 Å². The molecule has 23 heavy (non-hydrogen) atoms. The molecule has 1 aliphatic heterocycles. The third kappa shape index (κ3) is 3.18. The minimum absolute atomic E-state index is 0.0636. The lowest BCUT2D eigenvalue weighted by molar-refractivity contribution is 0.0717. The van der Waals surface area contributed by atoms with Gasteiger partial charge in [0.1, 0.15) is 17.8 Å². The van der Waals surface area contributed by atoms with Gasteiger partial charge >= 0.3 is 0 Å². The second kappa shape index (κ2) is 6.76. The van der Waals surface area contributed by atoms with E-state index in [1.807, 2.05) is 17.3 Å². The van der Waals surface area contributed by atoms with Crippen molar-refractivity contribution in [3.8, 4) is 5.88 Å². The summed E-state index contributed by atoms with van der Waals surface area (Å²) in [7, 11) is 1.53. The molecule has 1 saturated heterocycles. The fraction of sp³-hybridized carbons (Fsp3) is 0.500. The standard InChI is InChI=1S/C16H21N5O2/c1-3-14-17-6-8-20(14)10-12-5-4-7-21(12)16(22)13-9-15(23-2)19-11-18-13/h6,8-9,11-12H,3-5,7,10H2,1-2H3/t12-/m1/s1. The van der Waals surface area contributed by atoms with Crippen molar-refractivity contribution in [3.63, 3.8) is 0 Å². The van der Waals surface area contributed by atoms with E-state index in [-0.39, 0.29) is 11.9 Å². The van der Waals surface area contributed by atoms with Crippen LogP contribution in [0.4, 0.5) is 0 Å². The highest BCUT2D eigenvalue weighted by atomic mass is 16.5. The highest BCUT2D eigenvalue weighted by Crippen LogP contribution is 2.22. The van der Waals surface area contributed by atoms with E-state index in [0.29, 0.717) is 11.6 Å². The first kappa shape index (κ1) is 15.5. The van der Waals surface area contributed by atoms with Gasteiger partial charge in [-0.25, -0.2) is 15.0 Å². The van der Waals surface area contributed by atoms with Crippen molar-refractivity contribution < 1.29 is 9.53 Å². The Kier molecular flexibility index (Phi) is 4.55. The summed E-state index contributed by atoms with van der Waals surface area (Å²) in [5.74, 6) is 1.39. The quantitative estimate of drug-likeness (QED) is 0.837. The molecular formula is C16H21N5O2. The number of hydrogen-bond donors (Lipinski definition) is 0. The van der Waals surface area contributed by atoms with Gasteiger partial charge in [-0.05, 0) is 12.8 Å². The maximum atomic E-state index is 12.8. The van der Waals surface area contributed by atoms with Gasteiger partial charge in [-0.1, -0.05) is 6.92 Å². The zero-order valence-electron chi connectivity index (χ0n) is 13.5. The highest BCUT2D eigenvalue weighted by Gasteiger charge is 2.30. The monoisotopic (exact) mass is 315 g/mol. The first-order valence-corrected chi connectivity index (χ1v) is 7.90. The van der Waals surface area contributed by atoms with E-state index in [1.165, 1.54) is 13.4 Å². The van der Waals surface area contributed by atoms with E-state index >= 15 is 0 Å². The summed E-state index contributed by atoms with van der Waals surface area (Å²) in [5, 5.41) is 0. The molecule has 1 amide bonds. The predicted octanol–water partition coefficient (Wildman–Crippen LogP) is 1.55. The van der Waals surface area contributed by atoms with Gasteiger partial charge in [0.05, 0.1) is 13.2 Å².